The van der Waals surface area contributed by atoms with E-state index in [1.54, 1.807) is 28.8 Å². The maximum atomic E-state index is 13.2. The van der Waals surface area contributed by atoms with Crippen LogP contribution in [0.4, 0.5) is 4.79 Å². The summed E-state index contributed by atoms with van der Waals surface area (Å²) in [5, 5.41) is -0.108. The van der Waals surface area contributed by atoms with E-state index in [-0.39, 0.29) is 21.4 Å². The molecule has 1 heterocycles. The Balaban J connectivity index is 1.73. The normalized spacial score (nSPS) is 19.2. The number of thioether (sulfide) groups is 1. The van der Waals surface area contributed by atoms with E-state index in [2.05, 4.69) is 25.5 Å². The third-order valence-electron chi connectivity index (χ3n) is 4.84. The lowest BCUT2D eigenvalue weighted by Crippen LogP contribution is -2.43. The van der Waals surface area contributed by atoms with Crippen LogP contribution in [-0.2, 0) is 14.8 Å². The van der Waals surface area contributed by atoms with Crippen molar-refractivity contribution in [2.75, 3.05) is 13.1 Å². The van der Waals surface area contributed by atoms with Crippen LogP contribution >= 0.6 is 11.8 Å². The summed E-state index contributed by atoms with van der Waals surface area (Å²) in [6.07, 6.45) is -0.434. The van der Waals surface area contributed by atoms with Crippen molar-refractivity contribution in [1.82, 2.24) is 9.62 Å². The number of ether oxygens (including phenoxy) is 2. The second-order valence-corrected chi connectivity index (χ2v) is 14.0. The first kappa shape index (κ1) is 26.4. The van der Waals surface area contributed by atoms with Gasteiger partial charge in [-0.2, -0.15) is 0 Å². The molecule has 34 heavy (non-hydrogen) atoms. The SMILES string of the molecule is CC(C)(C)OC(=O)N1CC(NS(=O)(=O)c2ccc(Oc3ccccc3)cc2)C(SC(C)(C)C)C1. The van der Waals surface area contributed by atoms with Gasteiger partial charge in [-0.05, 0) is 57.2 Å². The van der Waals surface area contributed by atoms with E-state index >= 15 is 0 Å². The quantitative estimate of drug-likeness (QED) is 0.574. The number of benzene rings is 2. The molecule has 7 nitrogen and oxygen atoms in total. The molecule has 0 spiro atoms. The Morgan fingerprint density at radius 2 is 1.53 bits per heavy atom. The van der Waals surface area contributed by atoms with Gasteiger partial charge in [0.1, 0.15) is 17.1 Å². The lowest BCUT2D eigenvalue weighted by Gasteiger charge is -2.26. The molecule has 2 atom stereocenters. The molecular weight excluding hydrogens is 472 g/mol. The van der Waals surface area contributed by atoms with E-state index in [9.17, 15) is 13.2 Å². The van der Waals surface area contributed by atoms with Crippen molar-refractivity contribution in [1.29, 1.82) is 0 Å². The Labute approximate surface area is 207 Å². The Morgan fingerprint density at radius 3 is 2.09 bits per heavy atom. The molecule has 0 saturated carbocycles. The van der Waals surface area contributed by atoms with Crippen molar-refractivity contribution in [3.05, 3.63) is 54.6 Å². The maximum absolute atomic E-state index is 13.2. The molecule has 1 amide bonds. The summed E-state index contributed by atoms with van der Waals surface area (Å²) in [5.41, 5.74) is -0.620. The number of amides is 1. The molecule has 0 radical (unpaired) electrons. The zero-order chi connectivity index (χ0) is 25.1. The van der Waals surface area contributed by atoms with Crippen LogP contribution < -0.4 is 9.46 Å². The molecule has 1 aliphatic rings. The molecule has 0 aliphatic carbocycles. The molecule has 1 saturated heterocycles. The number of para-hydroxylation sites is 1. The van der Waals surface area contributed by atoms with Gasteiger partial charge in [-0.1, -0.05) is 39.0 Å². The third kappa shape index (κ3) is 7.65. The van der Waals surface area contributed by atoms with Crippen molar-refractivity contribution in [3.63, 3.8) is 0 Å². The van der Waals surface area contributed by atoms with Gasteiger partial charge in [-0.15, -0.1) is 11.8 Å². The fourth-order valence-corrected chi connectivity index (χ4v) is 6.35. The summed E-state index contributed by atoms with van der Waals surface area (Å²) in [6.45, 7) is 12.3. The number of rotatable bonds is 6. The smallest absolute Gasteiger partial charge is 0.410 e. The number of nitrogens with one attached hydrogen (secondary N) is 1. The fraction of sp³-hybridized carbons (Fsp3) is 0.480. The summed E-state index contributed by atoms with van der Waals surface area (Å²) in [5.74, 6) is 1.22. The predicted octanol–water partition coefficient (Wildman–Crippen LogP) is 5.28. The lowest BCUT2D eigenvalue weighted by molar-refractivity contribution is 0.0292. The van der Waals surface area contributed by atoms with Crippen LogP contribution in [0.2, 0.25) is 0 Å². The van der Waals surface area contributed by atoms with Crippen molar-refractivity contribution < 1.29 is 22.7 Å². The Kier molecular flexibility index (Phi) is 7.89. The Bertz CT molecular complexity index is 1080. The monoisotopic (exact) mass is 506 g/mol. The van der Waals surface area contributed by atoms with Gasteiger partial charge < -0.3 is 14.4 Å². The van der Waals surface area contributed by atoms with Gasteiger partial charge in [-0.3, -0.25) is 0 Å². The molecule has 0 aromatic heterocycles. The molecule has 186 valence electrons. The fourth-order valence-electron chi connectivity index (χ4n) is 3.52. The Hall–Kier alpha value is -2.23. The van der Waals surface area contributed by atoms with E-state index in [1.165, 1.54) is 12.1 Å². The third-order valence-corrected chi connectivity index (χ3v) is 7.84. The molecule has 2 unspecified atom stereocenters. The zero-order valence-corrected chi connectivity index (χ0v) is 22.2. The van der Waals surface area contributed by atoms with Gasteiger partial charge in [-0.25, -0.2) is 17.9 Å². The lowest BCUT2D eigenvalue weighted by atomic mass is 10.2. The van der Waals surface area contributed by atoms with Crippen molar-refractivity contribution >= 4 is 27.9 Å². The topological polar surface area (TPSA) is 84.9 Å². The van der Waals surface area contributed by atoms with Crippen LogP contribution in [0.25, 0.3) is 0 Å². The molecule has 3 rings (SSSR count). The largest absolute Gasteiger partial charge is 0.457 e. The standard InChI is InChI=1S/C25H34N2O5S2/c1-24(2,3)32-23(28)27-16-21(22(17-27)33-25(4,5)6)26-34(29,30)20-14-12-19(13-15-20)31-18-10-8-7-9-11-18/h7-15,21-22,26H,16-17H2,1-6H3. The number of carbonyl (C=O) groups is 1. The average molecular weight is 507 g/mol. The minimum absolute atomic E-state index is 0.102. The number of likely N-dealkylation sites (tertiary alicyclic amines) is 1. The van der Waals surface area contributed by atoms with E-state index in [0.29, 0.717) is 18.0 Å². The minimum Gasteiger partial charge on any atom is -0.457 e. The second-order valence-electron chi connectivity index (χ2n) is 10.3. The van der Waals surface area contributed by atoms with Crippen molar-refractivity contribution in [2.24, 2.45) is 0 Å². The highest BCUT2D eigenvalue weighted by molar-refractivity contribution is 8.01. The number of nitrogens with zero attached hydrogens (tertiary/aromatic N) is 1. The second kappa shape index (κ2) is 10.2. The number of hydrogen-bond donors (Lipinski definition) is 1. The van der Waals surface area contributed by atoms with E-state index in [0.717, 1.165) is 0 Å². The molecule has 2 aromatic carbocycles. The van der Waals surface area contributed by atoms with E-state index < -0.39 is 27.8 Å². The molecule has 1 fully saturated rings. The van der Waals surface area contributed by atoms with Crippen LogP contribution in [0.5, 0.6) is 11.5 Å². The van der Waals surface area contributed by atoms with E-state index in [1.807, 2.05) is 51.1 Å². The summed E-state index contributed by atoms with van der Waals surface area (Å²) < 4.78 is 40.3. The molecular formula is C25H34N2O5S2. The summed E-state index contributed by atoms with van der Waals surface area (Å²) in [4.78, 5) is 14.4. The van der Waals surface area contributed by atoms with Crippen LogP contribution in [0.1, 0.15) is 41.5 Å². The molecule has 1 aliphatic heterocycles. The van der Waals surface area contributed by atoms with Crippen molar-refractivity contribution in [3.8, 4) is 11.5 Å². The summed E-state index contributed by atoms with van der Waals surface area (Å²) in [6, 6.07) is 15.1. The van der Waals surface area contributed by atoms with Gasteiger partial charge in [0.05, 0.1) is 10.9 Å². The molecule has 2 aromatic rings. The van der Waals surface area contributed by atoms with Gasteiger partial charge >= 0.3 is 6.09 Å². The van der Waals surface area contributed by atoms with Crippen LogP contribution in [0.3, 0.4) is 0 Å². The van der Waals surface area contributed by atoms with Gasteiger partial charge in [0, 0.05) is 23.1 Å². The number of sulfonamides is 1. The number of hydrogen-bond acceptors (Lipinski definition) is 6. The highest BCUT2D eigenvalue weighted by Crippen LogP contribution is 2.34. The van der Waals surface area contributed by atoms with Crippen molar-refractivity contribution in [2.45, 2.75) is 68.1 Å². The zero-order valence-electron chi connectivity index (χ0n) is 20.6. The van der Waals surface area contributed by atoms with Gasteiger partial charge in [0.2, 0.25) is 10.0 Å². The summed E-state index contributed by atoms with van der Waals surface area (Å²) >= 11 is 1.65. The van der Waals surface area contributed by atoms with Gasteiger partial charge in [0.15, 0.2) is 0 Å². The molecule has 0 bridgehead atoms. The first-order valence-electron chi connectivity index (χ1n) is 11.2. The maximum Gasteiger partial charge on any atom is 0.410 e. The number of carbonyl (C=O) groups excluding carboxylic acids is 1. The van der Waals surface area contributed by atoms with Crippen LogP contribution in [-0.4, -0.2) is 54.1 Å². The van der Waals surface area contributed by atoms with E-state index in [4.69, 9.17) is 9.47 Å². The molecule has 1 N–H and O–H groups in total. The first-order chi connectivity index (χ1) is 15.7. The minimum atomic E-state index is -3.80. The average Bonchev–Trinajstić information content (AvgIpc) is 3.08. The van der Waals surface area contributed by atoms with Crippen LogP contribution in [0.15, 0.2) is 59.5 Å². The predicted molar refractivity (Wildman–Crippen MR) is 136 cm³/mol. The summed E-state index contributed by atoms with van der Waals surface area (Å²) in [7, 11) is -3.80. The first-order valence-corrected chi connectivity index (χ1v) is 13.6. The highest BCUT2D eigenvalue weighted by Gasteiger charge is 2.41. The van der Waals surface area contributed by atoms with Gasteiger partial charge in [0.25, 0.3) is 0 Å². The van der Waals surface area contributed by atoms with Crippen LogP contribution in [0, 0.1) is 0 Å². The highest BCUT2D eigenvalue weighted by atomic mass is 32.2. The molecule has 9 heteroatoms. The Morgan fingerprint density at radius 1 is 0.941 bits per heavy atom.